The molecule has 2 aromatic carbocycles. The molecule has 0 aliphatic carbocycles. The summed E-state index contributed by atoms with van der Waals surface area (Å²) in [6, 6.07) is 18.1. The molecule has 0 saturated heterocycles. The van der Waals surface area contributed by atoms with Gasteiger partial charge in [-0.05, 0) is 48.2 Å². The number of nitrogens with zero attached hydrogens (tertiary/aromatic N) is 4. The molecule has 4 N–H and O–H groups in total. The third-order valence-electron chi connectivity index (χ3n) is 6.83. The Labute approximate surface area is 255 Å². The summed E-state index contributed by atoms with van der Waals surface area (Å²) in [5.41, 5.74) is 2.99. The normalized spacial score (nSPS) is 12.8. The number of amides is 2. The molecular weight excluding hydrogens is 556 g/mol. The molecule has 0 aliphatic rings. The lowest BCUT2D eigenvalue weighted by Crippen LogP contribution is -2.29. The van der Waals surface area contributed by atoms with Gasteiger partial charge in [-0.15, -0.1) is 0 Å². The van der Waals surface area contributed by atoms with Crippen molar-refractivity contribution in [2.45, 2.75) is 38.8 Å². The Hall–Kier alpha value is -5.94. The maximum atomic E-state index is 12.9. The van der Waals surface area contributed by atoms with Gasteiger partial charge in [-0.25, -0.2) is 9.97 Å². The highest BCUT2D eigenvalue weighted by atomic mass is 16.5. The topological polar surface area (TPSA) is 172 Å². The van der Waals surface area contributed by atoms with Crippen LogP contribution in [0.3, 0.4) is 0 Å². The van der Waals surface area contributed by atoms with Crippen molar-refractivity contribution in [2.24, 2.45) is 0 Å². The highest BCUT2D eigenvalue weighted by Gasteiger charge is 2.19. The monoisotopic (exact) mass is 588 g/mol. The van der Waals surface area contributed by atoms with E-state index in [-0.39, 0.29) is 23.2 Å². The molecule has 11 heteroatoms. The molecule has 0 radical (unpaired) electrons. The summed E-state index contributed by atoms with van der Waals surface area (Å²) in [6.07, 6.45) is 9.03. The molecule has 0 aliphatic heterocycles. The van der Waals surface area contributed by atoms with Crippen molar-refractivity contribution >= 4 is 24.0 Å². The van der Waals surface area contributed by atoms with Crippen LogP contribution >= 0.6 is 0 Å². The number of ether oxygens (including phenoxy) is 1. The van der Waals surface area contributed by atoms with Crippen molar-refractivity contribution in [1.29, 1.82) is 10.5 Å². The molecule has 222 valence electrons. The van der Waals surface area contributed by atoms with E-state index in [1.54, 1.807) is 25.7 Å². The molecule has 2 heterocycles. The van der Waals surface area contributed by atoms with Crippen molar-refractivity contribution in [3.8, 4) is 29.1 Å². The minimum Gasteiger partial charge on any atom is -0.497 e. The fourth-order valence-corrected chi connectivity index (χ4v) is 4.52. The lowest BCUT2D eigenvalue weighted by Gasteiger charge is -2.19. The molecule has 2 aromatic heterocycles. The fourth-order valence-electron chi connectivity index (χ4n) is 4.52. The molecule has 4 rings (SSSR count). The number of H-pyrrole nitrogens is 2. The molecule has 0 spiro atoms. The Morgan fingerprint density at radius 1 is 0.977 bits per heavy atom. The number of rotatable bonds is 12. The van der Waals surface area contributed by atoms with Crippen LogP contribution in [-0.4, -0.2) is 38.9 Å². The van der Waals surface area contributed by atoms with Gasteiger partial charge >= 0.3 is 0 Å². The van der Waals surface area contributed by atoms with Gasteiger partial charge in [-0.2, -0.15) is 10.5 Å². The van der Waals surface area contributed by atoms with Crippen LogP contribution in [0.15, 0.2) is 78.3 Å². The molecule has 2 unspecified atom stereocenters. The minimum atomic E-state index is -0.529. The number of carbonyl (C=O) groups is 2. The quantitative estimate of drug-likeness (QED) is 0.131. The van der Waals surface area contributed by atoms with Crippen LogP contribution < -0.4 is 15.4 Å². The maximum Gasteiger partial charge on any atom is 0.262 e. The largest absolute Gasteiger partial charge is 0.497 e. The fraction of sp³-hybridized carbons (Fsp3) is 0.212. The Bertz CT molecular complexity index is 1760. The van der Waals surface area contributed by atoms with Gasteiger partial charge in [0.05, 0.1) is 31.1 Å². The van der Waals surface area contributed by atoms with Crippen LogP contribution in [0.5, 0.6) is 5.75 Å². The van der Waals surface area contributed by atoms with Crippen molar-refractivity contribution < 1.29 is 14.3 Å². The number of aromatic amines is 2. The standard InChI is InChI=1S/C33H32N8O3/c1-4-7-28(41-33(43)25(18-34)16-30-36-12-13-37-30)23-9-5-10-24(14-23)29-20-38-31(40-29)17-26(19-35)32(42)39-21(2)22-8-6-11-27(15-22)44-3/h5-6,8-17,20-21,28H,4,7H2,1-3H3,(H,36,37)(H,38,40)(H,39,42)(H,41,43)/b25-16+,26-17?. The Kier molecular flexibility index (Phi) is 10.4. The van der Waals surface area contributed by atoms with Crippen LogP contribution in [-0.2, 0) is 9.59 Å². The van der Waals surface area contributed by atoms with Gasteiger partial charge in [0.25, 0.3) is 11.8 Å². The number of hydrogen-bond donors (Lipinski definition) is 4. The number of hydrogen-bond acceptors (Lipinski definition) is 7. The van der Waals surface area contributed by atoms with E-state index in [0.29, 0.717) is 29.5 Å². The number of imidazole rings is 2. The molecule has 0 bridgehead atoms. The molecule has 0 fully saturated rings. The zero-order valence-electron chi connectivity index (χ0n) is 24.6. The molecule has 11 nitrogen and oxygen atoms in total. The van der Waals surface area contributed by atoms with E-state index in [1.165, 1.54) is 12.2 Å². The van der Waals surface area contributed by atoms with Crippen LogP contribution in [0.25, 0.3) is 23.4 Å². The molecule has 2 atom stereocenters. The summed E-state index contributed by atoms with van der Waals surface area (Å²) in [6.45, 7) is 3.84. The number of aromatic nitrogens is 4. The summed E-state index contributed by atoms with van der Waals surface area (Å²) in [5.74, 6) is 0.400. The first-order valence-corrected chi connectivity index (χ1v) is 14.0. The lowest BCUT2D eigenvalue weighted by atomic mass is 9.99. The van der Waals surface area contributed by atoms with Crippen molar-refractivity contribution in [2.75, 3.05) is 7.11 Å². The van der Waals surface area contributed by atoms with Crippen molar-refractivity contribution in [3.05, 3.63) is 101 Å². The zero-order valence-corrected chi connectivity index (χ0v) is 24.6. The predicted octanol–water partition coefficient (Wildman–Crippen LogP) is 5.16. The van der Waals surface area contributed by atoms with Gasteiger partial charge in [0.15, 0.2) is 0 Å². The third kappa shape index (κ3) is 7.87. The average molecular weight is 589 g/mol. The smallest absolute Gasteiger partial charge is 0.262 e. The second-order valence-electron chi connectivity index (χ2n) is 9.91. The van der Waals surface area contributed by atoms with Crippen molar-refractivity contribution in [3.63, 3.8) is 0 Å². The van der Waals surface area contributed by atoms with Gasteiger partial charge in [0.1, 0.15) is 40.7 Å². The lowest BCUT2D eigenvalue weighted by molar-refractivity contribution is -0.118. The van der Waals surface area contributed by atoms with E-state index in [4.69, 9.17) is 4.74 Å². The Morgan fingerprint density at radius 2 is 1.68 bits per heavy atom. The number of carbonyl (C=O) groups excluding carboxylic acids is 2. The number of nitriles is 2. The van der Waals surface area contributed by atoms with Gasteiger partial charge in [0, 0.05) is 24.5 Å². The van der Waals surface area contributed by atoms with Gasteiger partial charge in [-0.1, -0.05) is 43.7 Å². The van der Waals surface area contributed by atoms with Crippen LogP contribution in [0.2, 0.25) is 0 Å². The first kappa shape index (κ1) is 31.0. The van der Waals surface area contributed by atoms with Gasteiger partial charge in [0.2, 0.25) is 0 Å². The summed E-state index contributed by atoms with van der Waals surface area (Å²) in [5, 5.41) is 25.0. The summed E-state index contributed by atoms with van der Waals surface area (Å²) < 4.78 is 5.25. The Morgan fingerprint density at radius 3 is 2.36 bits per heavy atom. The molecule has 0 saturated carbocycles. The van der Waals surface area contributed by atoms with Crippen LogP contribution in [0.1, 0.15) is 61.5 Å². The highest BCUT2D eigenvalue weighted by molar-refractivity contribution is 6.02. The molecular formula is C33H32N8O3. The summed E-state index contributed by atoms with van der Waals surface area (Å²) in [7, 11) is 1.57. The second-order valence-corrected chi connectivity index (χ2v) is 9.91. The molecule has 4 aromatic rings. The Balaban J connectivity index is 1.50. The first-order valence-electron chi connectivity index (χ1n) is 14.0. The average Bonchev–Trinajstić information content (AvgIpc) is 3.74. The van der Waals surface area contributed by atoms with E-state index in [2.05, 4.69) is 30.6 Å². The van der Waals surface area contributed by atoms with Gasteiger partial charge in [-0.3, -0.25) is 9.59 Å². The van der Waals surface area contributed by atoms with Crippen LogP contribution in [0.4, 0.5) is 0 Å². The molecule has 44 heavy (non-hydrogen) atoms. The highest BCUT2D eigenvalue weighted by Crippen LogP contribution is 2.26. The third-order valence-corrected chi connectivity index (χ3v) is 6.83. The number of benzene rings is 2. The van der Waals surface area contributed by atoms with Gasteiger partial charge < -0.3 is 25.3 Å². The van der Waals surface area contributed by atoms with E-state index < -0.39 is 11.8 Å². The maximum absolute atomic E-state index is 12.9. The first-order chi connectivity index (χ1) is 21.3. The number of nitrogens with one attached hydrogen (secondary N) is 4. The van der Waals surface area contributed by atoms with E-state index in [9.17, 15) is 20.1 Å². The SMILES string of the molecule is CCCC(NC(=O)/C(C#N)=C/c1ncc[nH]1)c1cccc(-c2cnc(C=C(C#N)C(=O)NC(C)c3cccc(OC)c3)[nH]2)c1. The van der Waals surface area contributed by atoms with E-state index in [1.807, 2.05) is 74.5 Å². The number of methoxy groups -OCH3 is 1. The van der Waals surface area contributed by atoms with Crippen LogP contribution in [0, 0.1) is 22.7 Å². The zero-order chi connectivity index (χ0) is 31.5. The summed E-state index contributed by atoms with van der Waals surface area (Å²) in [4.78, 5) is 40.2. The minimum absolute atomic E-state index is 0.0579. The molecule has 2 amide bonds. The van der Waals surface area contributed by atoms with E-state index in [0.717, 1.165) is 23.1 Å². The predicted molar refractivity (Wildman–Crippen MR) is 165 cm³/mol. The second kappa shape index (κ2) is 14.8. The summed E-state index contributed by atoms with van der Waals surface area (Å²) >= 11 is 0. The van der Waals surface area contributed by atoms with E-state index >= 15 is 0 Å². The van der Waals surface area contributed by atoms with Crippen molar-refractivity contribution in [1.82, 2.24) is 30.6 Å².